The molecule has 0 aliphatic rings. The van der Waals surface area contributed by atoms with Crippen molar-refractivity contribution in [2.75, 3.05) is 12.3 Å². The number of hydrogen-bond donors (Lipinski definition) is 1. The Morgan fingerprint density at radius 2 is 1.65 bits per heavy atom. The van der Waals surface area contributed by atoms with E-state index >= 15 is 0 Å². The molecule has 1 unspecified atom stereocenters. The van der Waals surface area contributed by atoms with E-state index in [1.54, 1.807) is 0 Å². The zero-order valence-electron chi connectivity index (χ0n) is 12.5. The number of benzene rings is 2. The predicted molar refractivity (Wildman–Crippen MR) is 89.5 cm³/mol. The van der Waals surface area contributed by atoms with Crippen molar-refractivity contribution in [3.05, 3.63) is 65.2 Å². The maximum atomic E-state index is 3.60. The fourth-order valence-electron chi connectivity index (χ4n) is 2.34. The predicted octanol–water partition coefficient (Wildman–Crippen LogP) is 4.75. The lowest BCUT2D eigenvalue weighted by Gasteiger charge is -2.15. The number of rotatable bonds is 6. The summed E-state index contributed by atoms with van der Waals surface area (Å²) in [6, 6.07) is 17.7. The largest absolute Gasteiger partial charge is 0.309 e. The van der Waals surface area contributed by atoms with Crippen LogP contribution < -0.4 is 5.32 Å². The molecule has 0 saturated heterocycles. The van der Waals surface area contributed by atoms with Gasteiger partial charge >= 0.3 is 0 Å². The van der Waals surface area contributed by atoms with E-state index in [2.05, 4.69) is 74.6 Å². The molecule has 0 spiro atoms. The molecule has 0 heterocycles. The quantitative estimate of drug-likeness (QED) is 0.607. The smallest absolute Gasteiger partial charge is 0.0292 e. The second-order valence-corrected chi connectivity index (χ2v) is 6.43. The summed E-state index contributed by atoms with van der Waals surface area (Å²) >= 11 is 1.90. The summed E-state index contributed by atoms with van der Waals surface area (Å²) < 4.78 is 0. The molecule has 0 amide bonds. The van der Waals surface area contributed by atoms with Gasteiger partial charge in [-0.3, -0.25) is 0 Å². The summed E-state index contributed by atoms with van der Waals surface area (Å²) in [6.45, 7) is 7.58. The molecule has 2 heteroatoms. The SMILES string of the molecule is Cc1cc(C)cc(C(C)NCCSc2ccccc2)c1. The highest BCUT2D eigenvalue weighted by Gasteiger charge is 2.05. The van der Waals surface area contributed by atoms with Gasteiger partial charge in [-0.05, 0) is 38.5 Å². The Bertz CT molecular complexity index is 516. The van der Waals surface area contributed by atoms with Crippen molar-refractivity contribution >= 4 is 11.8 Å². The lowest BCUT2D eigenvalue weighted by Crippen LogP contribution is -2.21. The monoisotopic (exact) mass is 285 g/mol. The van der Waals surface area contributed by atoms with Crippen LogP contribution in [0.5, 0.6) is 0 Å². The minimum Gasteiger partial charge on any atom is -0.309 e. The zero-order valence-corrected chi connectivity index (χ0v) is 13.3. The van der Waals surface area contributed by atoms with Crippen molar-refractivity contribution < 1.29 is 0 Å². The van der Waals surface area contributed by atoms with Gasteiger partial charge in [0.15, 0.2) is 0 Å². The number of thioether (sulfide) groups is 1. The molecule has 0 saturated carbocycles. The van der Waals surface area contributed by atoms with Gasteiger partial charge in [0.25, 0.3) is 0 Å². The van der Waals surface area contributed by atoms with Crippen LogP contribution in [0.2, 0.25) is 0 Å². The molecule has 1 nitrogen and oxygen atoms in total. The zero-order chi connectivity index (χ0) is 14.4. The Hall–Kier alpha value is -1.25. The van der Waals surface area contributed by atoms with Gasteiger partial charge in [-0.2, -0.15) is 0 Å². The topological polar surface area (TPSA) is 12.0 Å². The summed E-state index contributed by atoms with van der Waals surface area (Å²) in [7, 11) is 0. The lowest BCUT2D eigenvalue weighted by molar-refractivity contribution is 0.600. The van der Waals surface area contributed by atoms with Crippen molar-refractivity contribution in [3.8, 4) is 0 Å². The molecule has 2 aromatic rings. The van der Waals surface area contributed by atoms with Crippen molar-refractivity contribution in [2.45, 2.75) is 31.7 Å². The first-order valence-electron chi connectivity index (χ1n) is 7.14. The van der Waals surface area contributed by atoms with Gasteiger partial charge in [0.2, 0.25) is 0 Å². The second kappa shape index (κ2) is 7.51. The van der Waals surface area contributed by atoms with Crippen LogP contribution in [0.3, 0.4) is 0 Å². The molecular weight excluding hydrogens is 262 g/mol. The van der Waals surface area contributed by atoms with E-state index in [1.807, 2.05) is 11.8 Å². The molecule has 0 bridgehead atoms. The van der Waals surface area contributed by atoms with Gasteiger partial charge in [0, 0.05) is 23.2 Å². The van der Waals surface area contributed by atoms with Crippen LogP contribution in [0.25, 0.3) is 0 Å². The molecule has 106 valence electrons. The van der Waals surface area contributed by atoms with Gasteiger partial charge < -0.3 is 5.32 Å². The highest BCUT2D eigenvalue weighted by Crippen LogP contribution is 2.18. The summed E-state index contributed by atoms with van der Waals surface area (Å²) in [4.78, 5) is 1.34. The van der Waals surface area contributed by atoms with Crippen molar-refractivity contribution in [1.29, 1.82) is 0 Å². The minimum absolute atomic E-state index is 0.407. The van der Waals surface area contributed by atoms with Crippen LogP contribution in [0, 0.1) is 13.8 Å². The van der Waals surface area contributed by atoms with Gasteiger partial charge in [0.05, 0.1) is 0 Å². The van der Waals surface area contributed by atoms with E-state index < -0.39 is 0 Å². The molecular formula is C18H23NS. The first-order chi connectivity index (χ1) is 9.65. The highest BCUT2D eigenvalue weighted by atomic mass is 32.2. The third-order valence-corrected chi connectivity index (χ3v) is 4.32. The first kappa shape index (κ1) is 15.1. The number of nitrogens with one attached hydrogen (secondary N) is 1. The van der Waals surface area contributed by atoms with Crippen LogP contribution in [-0.4, -0.2) is 12.3 Å². The summed E-state index contributed by atoms with van der Waals surface area (Å²) in [6.07, 6.45) is 0. The normalized spacial score (nSPS) is 12.3. The Morgan fingerprint density at radius 1 is 1.00 bits per heavy atom. The third-order valence-electron chi connectivity index (χ3n) is 3.31. The van der Waals surface area contributed by atoms with Crippen LogP contribution in [-0.2, 0) is 0 Å². The van der Waals surface area contributed by atoms with Crippen molar-refractivity contribution in [3.63, 3.8) is 0 Å². The highest BCUT2D eigenvalue weighted by molar-refractivity contribution is 7.99. The maximum absolute atomic E-state index is 3.60. The minimum atomic E-state index is 0.407. The molecule has 0 aromatic heterocycles. The first-order valence-corrected chi connectivity index (χ1v) is 8.13. The summed E-state index contributed by atoms with van der Waals surface area (Å²) in [5, 5.41) is 3.60. The van der Waals surface area contributed by atoms with Crippen LogP contribution in [0.4, 0.5) is 0 Å². The van der Waals surface area contributed by atoms with E-state index in [1.165, 1.54) is 21.6 Å². The lowest BCUT2D eigenvalue weighted by atomic mass is 10.0. The molecule has 2 rings (SSSR count). The fraction of sp³-hybridized carbons (Fsp3) is 0.333. The van der Waals surface area contributed by atoms with Gasteiger partial charge in [-0.1, -0.05) is 47.5 Å². The van der Waals surface area contributed by atoms with Crippen LogP contribution >= 0.6 is 11.8 Å². The molecule has 0 fully saturated rings. The molecule has 0 aliphatic heterocycles. The Balaban J connectivity index is 1.79. The molecule has 1 N–H and O–H groups in total. The molecule has 20 heavy (non-hydrogen) atoms. The Labute approximate surface area is 126 Å². The van der Waals surface area contributed by atoms with E-state index in [-0.39, 0.29) is 0 Å². The third kappa shape index (κ3) is 4.69. The average Bonchev–Trinajstić information content (AvgIpc) is 2.43. The second-order valence-electron chi connectivity index (χ2n) is 5.26. The van der Waals surface area contributed by atoms with Crippen LogP contribution in [0.1, 0.15) is 29.7 Å². The van der Waals surface area contributed by atoms with Gasteiger partial charge in [0.1, 0.15) is 0 Å². The molecule has 0 radical (unpaired) electrons. The Kier molecular flexibility index (Phi) is 5.69. The average molecular weight is 285 g/mol. The van der Waals surface area contributed by atoms with E-state index in [0.717, 1.165) is 12.3 Å². The molecule has 0 aliphatic carbocycles. The standard InChI is InChI=1S/C18H23NS/c1-14-11-15(2)13-17(12-14)16(3)19-9-10-20-18-7-5-4-6-8-18/h4-8,11-13,16,19H,9-10H2,1-3H3. The van der Waals surface area contributed by atoms with E-state index in [4.69, 9.17) is 0 Å². The van der Waals surface area contributed by atoms with Crippen molar-refractivity contribution in [2.24, 2.45) is 0 Å². The number of aryl methyl sites for hydroxylation is 2. The maximum Gasteiger partial charge on any atom is 0.0292 e. The van der Waals surface area contributed by atoms with Gasteiger partial charge in [-0.15, -0.1) is 11.8 Å². The molecule has 1 atom stereocenters. The van der Waals surface area contributed by atoms with E-state index in [0.29, 0.717) is 6.04 Å². The Morgan fingerprint density at radius 3 is 2.30 bits per heavy atom. The van der Waals surface area contributed by atoms with Gasteiger partial charge in [-0.25, -0.2) is 0 Å². The fourth-order valence-corrected chi connectivity index (χ4v) is 3.14. The van der Waals surface area contributed by atoms with Crippen LogP contribution in [0.15, 0.2) is 53.4 Å². The summed E-state index contributed by atoms with van der Waals surface area (Å²) in [5.74, 6) is 1.10. The number of hydrogen-bond acceptors (Lipinski definition) is 2. The van der Waals surface area contributed by atoms with E-state index in [9.17, 15) is 0 Å². The van der Waals surface area contributed by atoms with Crippen molar-refractivity contribution in [1.82, 2.24) is 5.32 Å². The molecule has 2 aromatic carbocycles. The summed E-state index contributed by atoms with van der Waals surface area (Å²) in [5.41, 5.74) is 4.06.